The van der Waals surface area contributed by atoms with Crippen LogP contribution in [0.3, 0.4) is 0 Å². The summed E-state index contributed by atoms with van der Waals surface area (Å²) in [6.45, 7) is 2.75. The van der Waals surface area contributed by atoms with E-state index in [1.54, 1.807) is 37.4 Å². The Morgan fingerprint density at radius 3 is 2.65 bits per heavy atom. The van der Waals surface area contributed by atoms with Gasteiger partial charge in [-0.15, -0.1) is 0 Å². The van der Waals surface area contributed by atoms with E-state index in [-0.39, 0.29) is 5.91 Å². The minimum absolute atomic E-state index is 0.209. The molecule has 1 heterocycles. The van der Waals surface area contributed by atoms with Crippen LogP contribution in [0.1, 0.15) is 30.1 Å². The van der Waals surface area contributed by atoms with Gasteiger partial charge in [0.25, 0.3) is 5.91 Å². The zero-order valence-electron chi connectivity index (χ0n) is 17.6. The molecule has 0 fully saturated rings. The van der Waals surface area contributed by atoms with E-state index in [0.717, 1.165) is 24.2 Å². The van der Waals surface area contributed by atoms with Gasteiger partial charge in [-0.3, -0.25) is 4.79 Å². The molecular weight excluding hydrogens is 392 g/mol. The Bertz CT molecular complexity index is 1180. The fraction of sp³-hybridized carbons (Fsp3) is 0.200. The number of carbonyl (C=O) groups is 1. The quantitative estimate of drug-likeness (QED) is 0.360. The van der Waals surface area contributed by atoms with E-state index in [1.165, 1.54) is 0 Å². The van der Waals surface area contributed by atoms with Crippen molar-refractivity contribution in [3.05, 3.63) is 72.3 Å². The second-order valence-electron chi connectivity index (χ2n) is 7.11. The number of benzene rings is 3. The van der Waals surface area contributed by atoms with E-state index in [0.29, 0.717) is 40.6 Å². The molecule has 158 valence electrons. The van der Waals surface area contributed by atoms with Crippen molar-refractivity contribution in [2.24, 2.45) is 0 Å². The minimum Gasteiger partial charge on any atom is -0.497 e. The van der Waals surface area contributed by atoms with Crippen molar-refractivity contribution in [1.29, 1.82) is 0 Å². The molecule has 0 atom stereocenters. The number of anilines is 1. The average molecular weight is 416 g/mol. The van der Waals surface area contributed by atoms with Crippen molar-refractivity contribution in [2.45, 2.75) is 19.8 Å². The monoisotopic (exact) mass is 416 g/mol. The Labute approximate surface area is 180 Å². The summed E-state index contributed by atoms with van der Waals surface area (Å²) in [5.74, 6) is 1.76. The number of rotatable bonds is 8. The third kappa shape index (κ3) is 4.86. The van der Waals surface area contributed by atoms with Crippen LogP contribution in [-0.2, 0) is 0 Å². The summed E-state index contributed by atoms with van der Waals surface area (Å²) in [6.07, 6.45) is 2.04. The van der Waals surface area contributed by atoms with Gasteiger partial charge < -0.3 is 19.2 Å². The van der Waals surface area contributed by atoms with Crippen LogP contribution >= 0.6 is 0 Å². The van der Waals surface area contributed by atoms with Gasteiger partial charge in [-0.1, -0.05) is 19.4 Å². The van der Waals surface area contributed by atoms with E-state index in [2.05, 4.69) is 17.2 Å². The summed E-state index contributed by atoms with van der Waals surface area (Å²) in [5.41, 5.74) is 3.34. The molecule has 1 amide bonds. The highest BCUT2D eigenvalue weighted by atomic mass is 16.5. The third-order valence-corrected chi connectivity index (χ3v) is 4.85. The van der Waals surface area contributed by atoms with Crippen molar-refractivity contribution in [3.8, 4) is 23.0 Å². The van der Waals surface area contributed by atoms with Crippen LogP contribution in [0.15, 0.2) is 71.1 Å². The lowest BCUT2D eigenvalue weighted by Gasteiger charge is -2.08. The predicted octanol–water partition coefficient (Wildman–Crippen LogP) is 5.93. The molecule has 6 heteroatoms. The maximum Gasteiger partial charge on any atom is 0.255 e. The van der Waals surface area contributed by atoms with E-state index >= 15 is 0 Å². The van der Waals surface area contributed by atoms with Gasteiger partial charge in [0.15, 0.2) is 5.58 Å². The number of unbranched alkanes of at least 4 members (excludes halogenated alkanes) is 1. The van der Waals surface area contributed by atoms with Gasteiger partial charge in [0.1, 0.15) is 17.0 Å². The first-order valence-corrected chi connectivity index (χ1v) is 10.3. The van der Waals surface area contributed by atoms with Crippen LogP contribution in [0.4, 0.5) is 5.69 Å². The molecule has 31 heavy (non-hydrogen) atoms. The number of oxazole rings is 1. The SMILES string of the molecule is CCCCOc1cccc(C(=O)Nc2ccc3oc(-c4ccc(OC)cc4)nc3c2)c1. The van der Waals surface area contributed by atoms with Crippen molar-refractivity contribution < 1.29 is 18.7 Å². The molecule has 4 rings (SSSR count). The fourth-order valence-electron chi connectivity index (χ4n) is 3.13. The highest BCUT2D eigenvalue weighted by molar-refractivity contribution is 6.05. The van der Waals surface area contributed by atoms with Crippen LogP contribution in [0, 0.1) is 0 Å². The maximum absolute atomic E-state index is 12.7. The molecule has 0 radical (unpaired) electrons. The van der Waals surface area contributed by atoms with Crippen LogP contribution in [-0.4, -0.2) is 24.6 Å². The van der Waals surface area contributed by atoms with E-state index in [4.69, 9.17) is 13.9 Å². The lowest BCUT2D eigenvalue weighted by molar-refractivity contribution is 0.102. The zero-order valence-corrected chi connectivity index (χ0v) is 17.6. The zero-order chi connectivity index (χ0) is 21.6. The van der Waals surface area contributed by atoms with Crippen molar-refractivity contribution in [3.63, 3.8) is 0 Å². The number of amides is 1. The molecule has 0 saturated carbocycles. The first-order chi connectivity index (χ1) is 15.2. The summed E-state index contributed by atoms with van der Waals surface area (Å²) < 4.78 is 16.7. The molecule has 4 aromatic rings. The molecule has 0 aliphatic carbocycles. The molecule has 1 N–H and O–H groups in total. The highest BCUT2D eigenvalue weighted by Crippen LogP contribution is 2.27. The number of fused-ring (bicyclic) bond motifs is 1. The van der Waals surface area contributed by atoms with Gasteiger partial charge in [0, 0.05) is 16.8 Å². The van der Waals surface area contributed by atoms with E-state index < -0.39 is 0 Å². The van der Waals surface area contributed by atoms with Crippen LogP contribution in [0.25, 0.3) is 22.6 Å². The number of nitrogens with one attached hydrogen (secondary N) is 1. The van der Waals surface area contributed by atoms with Crippen molar-refractivity contribution in [1.82, 2.24) is 4.98 Å². The van der Waals surface area contributed by atoms with Crippen LogP contribution < -0.4 is 14.8 Å². The van der Waals surface area contributed by atoms with Gasteiger partial charge in [0.05, 0.1) is 13.7 Å². The molecule has 0 unspecified atom stereocenters. The molecule has 0 aliphatic rings. The molecule has 0 aliphatic heterocycles. The second-order valence-corrected chi connectivity index (χ2v) is 7.11. The van der Waals surface area contributed by atoms with Gasteiger partial charge in [-0.25, -0.2) is 4.98 Å². The van der Waals surface area contributed by atoms with Gasteiger partial charge in [-0.2, -0.15) is 0 Å². The fourth-order valence-corrected chi connectivity index (χ4v) is 3.13. The summed E-state index contributed by atoms with van der Waals surface area (Å²) in [4.78, 5) is 17.3. The average Bonchev–Trinajstić information content (AvgIpc) is 3.23. The van der Waals surface area contributed by atoms with E-state index in [9.17, 15) is 4.79 Å². The standard InChI is InChI=1S/C25H24N2O4/c1-3-4-14-30-21-7-5-6-18(15-21)24(28)26-19-10-13-23-22(16-19)27-25(31-23)17-8-11-20(29-2)12-9-17/h5-13,15-16H,3-4,14H2,1-2H3,(H,26,28). The minimum atomic E-state index is -0.209. The summed E-state index contributed by atoms with van der Waals surface area (Å²) in [7, 11) is 1.63. The van der Waals surface area contributed by atoms with E-state index in [1.807, 2.05) is 36.4 Å². The Morgan fingerprint density at radius 1 is 1.03 bits per heavy atom. The Balaban J connectivity index is 1.49. The smallest absolute Gasteiger partial charge is 0.255 e. The summed E-state index contributed by atoms with van der Waals surface area (Å²) in [6, 6.07) is 20.1. The van der Waals surface area contributed by atoms with Gasteiger partial charge in [0.2, 0.25) is 5.89 Å². The highest BCUT2D eigenvalue weighted by Gasteiger charge is 2.12. The molecule has 0 saturated heterocycles. The number of aromatic nitrogens is 1. The third-order valence-electron chi connectivity index (χ3n) is 4.85. The Kier molecular flexibility index (Phi) is 6.17. The summed E-state index contributed by atoms with van der Waals surface area (Å²) in [5, 5.41) is 2.92. The number of hydrogen-bond acceptors (Lipinski definition) is 5. The van der Waals surface area contributed by atoms with Crippen molar-refractivity contribution in [2.75, 3.05) is 19.0 Å². The topological polar surface area (TPSA) is 73.6 Å². The lowest BCUT2D eigenvalue weighted by Crippen LogP contribution is -2.12. The Morgan fingerprint density at radius 2 is 1.87 bits per heavy atom. The predicted molar refractivity (Wildman–Crippen MR) is 121 cm³/mol. The largest absolute Gasteiger partial charge is 0.497 e. The molecule has 6 nitrogen and oxygen atoms in total. The molecule has 1 aromatic heterocycles. The van der Waals surface area contributed by atoms with Crippen LogP contribution in [0.2, 0.25) is 0 Å². The summed E-state index contributed by atoms with van der Waals surface area (Å²) >= 11 is 0. The molecule has 0 bridgehead atoms. The number of hydrogen-bond donors (Lipinski definition) is 1. The van der Waals surface area contributed by atoms with Crippen molar-refractivity contribution >= 4 is 22.7 Å². The van der Waals surface area contributed by atoms with Gasteiger partial charge >= 0.3 is 0 Å². The van der Waals surface area contributed by atoms with Gasteiger partial charge in [-0.05, 0) is 67.1 Å². The normalized spacial score (nSPS) is 10.8. The molecule has 0 spiro atoms. The number of carbonyl (C=O) groups excluding carboxylic acids is 1. The lowest BCUT2D eigenvalue weighted by atomic mass is 10.2. The molecule has 3 aromatic carbocycles. The maximum atomic E-state index is 12.7. The Hall–Kier alpha value is -3.80. The number of methoxy groups -OCH3 is 1. The second kappa shape index (κ2) is 9.34. The number of nitrogens with zero attached hydrogens (tertiary/aromatic N) is 1. The molecular formula is C25H24N2O4. The first-order valence-electron chi connectivity index (χ1n) is 10.3. The van der Waals surface area contributed by atoms with Crippen LogP contribution in [0.5, 0.6) is 11.5 Å². The first kappa shape index (κ1) is 20.5. The number of ether oxygens (including phenoxy) is 2.